The third-order valence-corrected chi connectivity index (χ3v) is 6.09. The number of piperidine rings is 1. The minimum atomic E-state index is -3.34. The Hall–Kier alpha value is -1.65. The van der Waals surface area contributed by atoms with E-state index in [-0.39, 0.29) is 23.1 Å². The minimum Gasteiger partial charge on any atom is -0.302 e. The summed E-state index contributed by atoms with van der Waals surface area (Å²) in [5.74, 6) is -2.79. The van der Waals surface area contributed by atoms with Crippen LogP contribution in [0.15, 0.2) is 12.1 Å². The van der Waals surface area contributed by atoms with Gasteiger partial charge in [-0.25, -0.2) is 26.5 Å². The van der Waals surface area contributed by atoms with Crippen LogP contribution in [0.4, 0.5) is 13.9 Å². The molecule has 0 unspecified atom stereocenters. The largest absolute Gasteiger partial charge is 0.302 e. The zero-order valence-electron chi connectivity index (χ0n) is 12.8. The Morgan fingerprint density at radius 1 is 1.38 bits per heavy atom. The zero-order valence-corrected chi connectivity index (χ0v) is 14.4. The number of sulfonamides is 1. The monoisotopic (exact) mass is 375 g/mol. The number of amides is 1. The quantitative estimate of drug-likeness (QED) is 0.892. The van der Waals surface area contributed by atoms with Crippen LogP contribution in [-0.4, -0.2) is 43.0 Å². The van der Waals surface area contributed by atoms with Gasteiger partial charge >= 0.3 is 0 Å². The third kappa shape index (κ3) is 3.55. The average Bonchev–Trinajstić information content (AvgIpc) is 2.88. The normalized spacial score (nSPS) is 19.5. The first-order valence-electron chi connectivity index (χ1n) is 7.25. The van der Waals surface area contributed by atoms with Crippen LogP contribution in [0, 0.1) is 17.6 Å². The molecule has 1 N–H and O–H groups in total. The molecule has 0 radical (unpaired) electrons. The highest BCUT2D eigenvalue weighted by Gasteiger charge is 2.30. The smallest absolute Gasteiger partial charge is 0.230 e. The van der Waals surface area contributed by atoms with Crippen molar-refractivity contribution < 1.29 is 22.0 Å². The summed E-state index contributed by atoms with van der Waals surface area (Å²) >= 11 is 1.04. The van der Waals surface area contributed by atoms with Crippen LogP contribution >= 0.6 is 11.3 Å². The highest BCUT2D eigenvalue weighted by Crippen LogP contribution is 2.29. The SMILES string of the molecule is CS(=O)(=O)N1CCC[C@H](C(=O)Nc2nc3cc(F)c(F)cc3s2)C1. The van der Waals surface area contributed by atoms with E-state index < -0.39 is 27.6 Å². The van der Waals surface area contributed by atoms with Crippen LogP contribution in [-0.2, 0) is 14.8 Å². The molecule has 0 spiro atoms. The van der Waals surface area contributed by atoms with Gasteiger partial charge in [0.25, 0.3) is 0 Å². The lowest BCUT2D eigenvalue weighted by Gasteiger charge is -2.29. The molecule has 2 heterocycles. The van der Waals surface area contributed by atoms with E-state index in [1.807, 2.05) is 0 Å². The summed E-state index contributed by atoms with van der Waals surface area (Å²) in [5, 5.41) is 2.85. The van der Waals surface area contributed by atoms with Crippen molar-refractivity contribution in [3.8, 4) is 0 Å². The van der Waals surface area contributed by atoms with Gasteiger partial charge in [0.05, 0.1) is 22.4 Å². The Balaban J connectivity index is 1.75. The molecule has 1 aliphatic rings. The van der Waals surface area contributed by atoms with Crippen LogP contribution in [0.25, 0.3) is 10.2 Å². The number of hydrogen-bond acceptors (Lipinski definition) is 5. The van der Waals surface area contributed by atoms with Crippen LogP contribution in [0.5, 0.6) is 0 Å². The van der Waals surface area contributed by atoms with Gasteiger partial charge in [-0.05, 0) is 18.9 Å². The number of nitrogens with one attached hydrogen (secondary N) is 1. The topological polar surface area (TPSA) is 79.4 Å². The van der Waals surface area contributed by atoms with Crippen molar-refractivity contribution in [3.05, 3.63) is 23.8 Å². The van der Waals surface area contributed by atoms with E-state index in [0.717, 1.165) is 29.7 Å². The molecule has 24 heavy (non-hydrogen) atoms. The van der Waals surface area contributed by atoms with Crippen LogP contribution in [0.3, 0.4) is 0 Å². The lowest BCUT2D eigenvalue weighted by atomic mass is 9.99. The van der Waals surface area contributed by atoms with Crippen molar-refractivity contribution in [3.63, 3.8) is 0 Å². The molecule has 1 saturated heterocycles. The first-order valence-corrected chi connectivity index (χ1v) is 9.92. The van der Waals surface area contributed by atoms with Gasteiger partial charge in [-0.3, -0.25) is 4.79 Å². The van der Waals surface area contributed by atoms with E-state index in [0.29, 0.717) is 24.1 Å². The number of thiazole rings is 1. The lowest BCUT2D eigenvalue weighted by molar-refractivity contribution is -0.120. The fourth-order valence-electron chi connectivity index (χ4n) is 2.64. The van der Waals surface area contributed by atoms with Gasteiger partial charge in [-0.15, -0.1) is 0 Å². The highest BCUT2D eigenvalue weighted by molar-refractivity contribution is 7.88. The number of fused-ring (bicyclic) bond motifs is 1. The van der Waals surface area contributed by atoms with E-state index in [9.17, 15) is 22.0 Å². The van der Waals surface area contributed by atoms with Crippen molar-refractivity contribution in [1.82, 2.24) is 9.29 Å². The Labute approximate surface area is 141 Å². The van der Waals surface area contributed by atoms with Gasteiger partial charge in [0, 0.05) is 19.2 Å². The summed E-state index contributed by atoms with van der Waals surface area (Å²) in [6, 6.07) is 2.01. The number of hydrogen-bond donors (Lipinski definition) is 1. The Morgan fingerprint density at radius 3 is 2.79 bits per heavy atom. The predicted molar refractivity (Wildman–Crippen MR) is 87.3 cm³/mol. The number of nitrogens with zero attached hydrogens (tertiary/aromatic N) is 2. The minimum absolute atomic E-state index is 0.124. The molecular formula is C14H15F2N3O3S2. The van der Waals surface area contributed by atoms with Gasteiger partial charge in [-0.1, -0.05) is 11.3 Å². The standard InChI is InChI=1S/C14H15F2N3O3S2/c1-24(21,22)19-4-2-3-8(7-19)13(20)18-14-17-11-5-9(15)10(16)6-12(11)23-14/h5-6,8H,2-4,7H2,1H3,(H,17,18,20)/t8-/m0/s1. The maximum atomic E-state index is 13.2. The average molecular weight is 375 g/mol. The van der Waals surface area contributed by atoms with E-state index >= 15 is 0 Å². The third-order valence-electron chi connectivity index (χ3n) is 3.88. The van der Waals surface area contributed by atoms with E-state index in [2.05, 4.69) is 10.3 Å². The first kappa shape index (κ1) is 17.2. The van der Waals surface area contributed by atoms with Crippen LogP contribution in [0.1, 0.15) is 12.8 Å². The van der Waals surface area contributed by atoms with Gasteiger partial charge < -0.3 is 5.32 Å². The van der Waals surface area contributed by atoms with Gasteiger partial charge in [0.15, 0.2) is 16.8 Å². The van der Waals surface area contributed by atoms with Crippen molar-refractivity contribution in [2.45, 2.75) is 12.8 Å². The molecular weight excluding hydrogens is 360 g/mol. The molecule has 1 fully saturated rings. The zero-order chi connectivity index (χ0) is 17.5. The number of rotatable bonds is 3. The Kier molecular flexibility index (Phi) is 4.54. The Morgan fingerprint density at radius 2 is 2.08 bits per heavy atom. The molecule has 2 aromatic rings. The molecule has 1 aromatic heterocycles. The summed E-state index contributed by atoms with van der Waals surface area (Å²) in [5.41, 5.74) is 0.260. The number of aromatic nitrogens is 1. The van der Waals surface area contributed by atoms with Crippen molar-refractivity contribution in [1.29, 1.82) is 0 Å². The highest BCUT2D eigenvalue weighted by atomic mass is 32.2. The number of halogens is 2. The van der Waals surface area contributed by atoms with Crippen LogP contribution < -0.4 is 5.32 Å². The van der Waals surface area contributed by atoms with Crippen molar-refractivity contribution in [2.24, 2.45) is 5.92 Å². The predicted octanol–water partition coefficient (Wildman–Crippen LogP) is 2.18. The van der Waals surface area contributed by atoms with E-state index in [4.69, 9.17) is 0 Å². The molecule has 1 aromatic carbocycles. The van der Waals surface area contributed by atoms with Gasteiger partial charge in [-0.2, -0.15) is 0 Å². The number of carbonyl (C=O) groups is 1. The fraction of sp³-hybridized carbons (Fsp3) is 0.429. The molecule has 130 valence electrons. The molecule has 10 heteroatoms. The van der Waals surface area contributed by atoms with Crippen LogP contribution in [0.2, 0.25) is 0 Å². The second-order valence-electron chi connectivity index (χ2n) is 5.70. The lowest BCUT2D eigenvalue weighted by Crippen LogP contribution is -2.43. The molecule has 1 aliphatic heterocycles. The summed E-state index contributed by atoms with van der Waals surface area (Å²) in [6.07, 6.45) is 2.29. The van der Waals surface area contributed by atoms with Gasteiger partial charge in [0.2, 0.25) is 15.9 Å². The van der Waals surface area contributed by atoms with Crippen molar-refractivity contribution in [2.75, 3.05) is 24.7 Å². The first-order chi connectivity index (χ1) is 11.2. The molecule has 1 amide bonds. The molecule has 0 saturated carbocycles. The second kappa shape index (κ2) is 6.34. The van der Waals surface area contributed by atoms with Crippen molar-refractivity contribution >= 4 is 42.6 Å². The van der Waals surface area contributed by atoms with E-state index in [1.165, 1.54) is 4.31 Å². The summed E-state index contributed by atoms with van der Waals surface area (Å²) < 4.78 is 51.3. The Bertz CT molecular complexity index is 859. The molecule has 3 rings (SSSR count). The maximum absolute atomic E-state index is 13.2. The summed E-state index contributed by atoms with van der Waals surface area (Å²) in [4.78, 5) is 16.4. The van der Waals surface area contributed by atoms with Gasteiger partial charge in [0.1, 0.15) is 0 Å². The molecule has 1 atom stereocenters. The second-order valence-corrected chi connectivity index (χ2v) is 8.72. The molecule has 6 nitrogen and oxygen atoms in total. The maximum Gasteiger partial charge on any atom is 0.230 e. The fourth-order valence-corrected chi connectivity index (χ4v) is 4.43. The number of benzene rings is 1. The summed E-state index contributed by atoms with van der Waals surface area (Å²) in [6.45, 7) is 0.529. The number of carbonyl (C=O) groups excluding carboxylic acids is 1. The number of anilines is 1. The molecule has 0 bridgehead atoms. The molecule has 0 aliphatic carbocycles. The summed E-state index contributed by atoms with van der Waals surface area (Å²) in [7, 11) is -3.34. The van der Waals surface area contributed by atoms with E-state index in [1.54, 1.807) is 0 Å².